The number of ether oxygens (including phenoxy) is 1. The van der Waals surface area contributed by atoms with E-state index < -0.39 is 0 Å². The van der Waals surface area contributed by atoms with Crippen LogP contribution < -0.4 is 5.73 Å². The number of hydrogen-bond donors (Lipinski definition) is 1. The zero-order valence-corrected chi connectivity index (χ0v) is 8.95. The summed E-state index contributed by atoms with van der Waals surface area (Å²) >= 11 is 0. The minimum absolute atomic E-state index is 0. The van der Waals surface area contributed by atoms with Gasteiger partial charge >= 0.3 is 5.97 Å². The summed E-state index contributed by atoms with van der Waals surface area (Å²) in [6, 6.07) is 0. The molecule has 4 heteroatoms. The van der Waals surface area contributed by atoms with Gasteiger partial charge in [0.15, 0.2) is 0 Å². The second-order valence-corrected chi connectivity index (χ2v) is 2.03. The molecule has 0 radical (unpaired) electrons. The molecule has 3 nitrogen and oxygen atoms in total. The van der Waals surface area contributed by atoms with E-state index in [1.165, 1.54) is 14.2 Å². The molecule has 0 aliphatic carbocycles. The molecule has 2 N–H and O–H groups in total. The molecular weight excluding hydrogens is 178 g/mol. The van der Waals surface area contributed by atoms with E-state index in [1.54, 1.807) is 0 Å². The van der Waals surface area contributed by atoms with Crippen LogP contribution >= 0.6 is 12.4 Å². The van der Waals surface area contributed by atoms with Crippen molar-refractivity contribution in [2.24, 2.45) is 5.73 Å². The lowest BCUT2D eigenvalue weighted by atomic mass is 10.2. The first-order valence-electron chi connectivity index (χ1n) is 3.95. The van der Waals surface area contributed by atoms with Crippen LogP contribution in [0.25, 0.3) is 0 Å². The van der Waals surface area contributed by atoms with Gasteiger partial charge < -0.3 is 10.5 Å². The number of methoxy groups -OCH3 is 1. The number of nitrogens with two attached hydrogens (primary N) is 1. The summed E-state index contributed by atoms with van der Waals surface area (Å²) in [6.07, 6.45) is 3.81. The number of rotatable bonds is 4. The number of unbranched alkanes of at least 4 members (excludes halogenated alkanes) is 2. The van der Waals surface area contributed by atoms with Gasteiger partial charge in [-0.2, -0.15) is 0 Å². The largest absolute Gasteiger partial charge is 0.469 e. The highest BCUT2D eigenvalue weighted by Gasteiger charge is 1.96. The van der Waals surface area contributed by atoms with Crippen LogP contribution in [0.15, 0.2) is 0 Å². The van der Waals surface area contributed by atoms with Gasteiger partial charge in [0.25, 0.3) is 0 Å². The highest BCUT2D eigenvalue weighted by molar-refractivity contribution is 5.85. The summed E-state index contributed by atoms with van der Waals surface area (Å²) in [5.41, 5.74) is 4.50. The van der Waals surface area contributed by atoms with Crippen molar-refractivity contribution in [3.8, 4) is 0 Å². The number of hydrogen-bond acceptors (Lipinski definition) is 3. The molecule has 0 aromatic rings. The van der Waals surface area contributed by atoms with Gasteiger partial charge in [-0.1, -0.05) is 19.8 Å². The Kier molecular flexibility index (Phi) is 25.1. The average Bonchev–Trinajstić information content (AvgIpc) is 2.08. The molecule has 76 valence electrons. The first kappa shape index (κ1) is 17.7. The van der Waals surface area contributed by atoms with Gasteiger partial charge in [-0.25, -0.2) is 0 Å². The third kappa shape index (κ3) is 16.4. The van der Waals surface area contributed by atoms with Crippen LogP contribution in [0.4, 0.5) is 0 Å². The fourth-order valence-electron chi connectivity index (χ4n) is 0.621. The molecular formula is C8H20ClNO2. The summed E-state index contributed by atoms with van der Waals surface area (Å²) in [7, 11) is 2.92. The minimum atomic E-state index is -0.0940. The van der Waals surface area contributed by atoms with Gasteiger partial charge in [0, 0.05) is 6.42 Å². The van der Waals surface area contributed by atoms with Crippen molar-refractivity contribution in [2.45, 2.75) is 32.6 Å². The monoisotopic (exact) mass is 197 g/mol. The second-order valence-electron chi connectivity index (χ2n) is 2.03. The SMILES string of the molecule is CCCCCC(=O)OC.CN.Cl. The molecule has 0 saturated heterocycles. The fourth-order valence-corrected chi connectivity index (χ4v) is 0.621. The first-order chi connectivity index (χ1) is 5.31. The predicted octanol–water partition coefficient (Wildman–Crippen LogP) is 1.74. The average molecular weight is 198 g/mol. The molecule has 0 rings (SSSR count). The molecule has 0 atom stereocenters. The summed E-state index contributed by atoms with van der Waals surface area (Å²) < 4.78 is 4.46. The molecule has 0 aromatic carbocycles. The lowest BCUT2D eigenvalue weighted by Gasteiger charge is -1.95. The van der Waals surface area contributed by atoms with E-state index in [4.69, 9.17) is 0 Å². The lowest BCUT2D eigenvalue weighted by molar-refractivity contribution is -0.140. The van der Waals surface area contributed by atoms with Crippen LogP contribution in [0.5, 0.6) is 0 Å². The predicted molar refractivity (Wildman–Crippen MR) is 53.5 cm³/mol. The number of carbonyl (C=O) groups is 1. The molecule has 0 bridgehead atoms. The highest BCUT2D eigenvalue weighted by Crippen LogP contribution is 1.98. The van der Waals surface area contributed by atoms with Crippen molar-refractivity contribution in [1.29, 1.82) is 0 Å². The Balaban J connectivity index is -0.000000249. The number of esters is 1. The fraction of sp³-hybridized carbons (Fsp3) is 0.875. The van der Waals surface area contributed by atoms with Crippen LogP contribution in [-0.2, 0) is 9.53 Å². The van der Waals surface area contributed by atoms with E-state index in [9.17, 15) is 4.79 Å². The molecule has 0 spiro atoms. The Bertz CT molecular complexity index is 89.1. The minimum Gasteiger partial charge on any atom is -0.469 e. The lowest BCUT2D eigenvalue weighted by Crippen LogP contribution is -1.98. The molecule has 0 unspecified atom stereocenters. The van der Waals surface area contributed by atoms with Gasteiger partial charge in [-0.15, -0.1) is 12.4 Å². The number of halogens is 1. The van der Waals surface area contributed by atoms with Gasteiger partial charge in [-0.05, 0) is 13.5 Å². The molecule has 0 aliphatic rings. The molecule has 0 saturated carbocycles. The second kappa shape index (κ2) is 17.0. The van der Waals surface area contributed by atoms with Crippen molar-refractivity contribution < 1.29 is 9.53 Å². The van der Waals surface area contributed by atoms with E-state index in [1.807, 2.05) is 0 Å². The Morgan fingerprint density at radius 3 is 2.17 bits per heavy atom. The number of carbonyl (C=O) groups excluding carboxylic acids is 1. The summed E-state index contributed by atoms with van der Waals surface area (Å²) in [5, 5.41) is 0. The van der Waals surface area contributed by atoms with Crippen LogP contribution in [0, 0.1) is 0 Å². The highest BCUT2D eigenvalue weighted by atomic mass is 35.5. The van der Waals surface area contributed by atoms with Crippen molar-refractivity contribution in [2.75, 3.05) is 14.2 Å². The normalized spacial score (nSPS) is 7.33. The summed E-state index contributed by atoms with van der Waals surface area (Å²) in [4.78, 5) is 10.5. The van der Waals surface area contributed by atoms with E-state index in [-0.39, 0.29) is 18.4 Å². The smallest absolute Gasteiger partial charge is 0.305 e. The Hall–Kier alpha value is -0.280. The maximum Gasteiger partial charge on any atom is 0.305 e. The molecule has 0 aromatic heterocycles. The van der Waals surface area contributed by atoms with Crippen LogP contribution in [0.2, 0.25) is 0 Å². The Labute approximate surface area is 81.1 Å². The van der Waals surface area contributed by atoms with E-state index in [2.05, 4.69) is 17.4 Å². The molecule has 0 fully saturated rings. The third-order valence-corrected chi connectivity index (χ3v) is 1.21. The maximum atomic E-state index is 10.5. The summed E-state index contributed by atoms with van der Waals surface area (Å²) in [6.45, 7) is 2.11. The topological polar surface area (TPSA) is 52.3 Å². The zero-order valence-electron chi connectivity index (χ0n) is 8.13. The van der Waals surface area contributed by atoms with Gasteiger partial charge in [0.05, 0.1) is 7.11 Å². The van der Waals surface area contributed by atoms with Gasteiger partial charge in [-0.3, -0.25) is 4.79 Å². The van der Waals surface area contributed by atoms with Gasteiger partial charge in [0.2, 0.25) is 0 Å². The van der Waals surface area contributed by atoms with E-state index >= 15 is 0 Å². The van der Waals surface area contributed by atoms with Crippen molar-refractivity contribution in [1.82, 2.24) is 0 Å². The van der Waals surface area contributed by atoms with Crippen molar-refractivity contribution in [3.63, 3.8) is 0 Å². The molecule has 0 amide bonds. The van der Waals surface area contributed by atoms with Crippen molar-refractivity contribution in [3.05, 3.63) is 0 Å². The van der Waals surface area contributed by atoms with E-state index in [0.717, 1.165) is 19.3 Å². The van der Waals surface area contributed by atoms with Crippen LogP contribution in [0.3, 0.4) is 0 Å². The molecule has 12 heavy (non-hydrogen) atoms. The Morgan fingerprint density at radius 1 is 1.33 bits per heavy atom. The standard InChI is InChI=1S/C7H14O2.CH5N.ClH/c1-3-4-5-6-7(8)9-2;1-2;/h3-6H2,1-2H3;2H2,1H3;1H. The third-order valence-electron chi connectivity index (χ3n) is 1.21. The van der Waals surface area contributed by atoms with Gasteiger partial charge in [0.1, 0.15) is 0 Å². The maximum absolute atomic E-state index is 10.5. The quantitative estimate of drug-likeness (QED) is 0.552. The van der Waals surface area contributed by atoms with Crippen molar-refractivity contribution >= 4 is 18.4 Å². The Morgan fingerprint density at radius 2 is 1.83 bits per heavy atom. The summed E-state index contributed by atoms with van der Waals surface area (Å²) in [5.74, 6) is -0.0940. The van der Waals surface area contributed by atoms with Crippen LogP contribution in [-0.4, -0.2) is 20.1 Å². The zero-order chi connectivity index (χ0) is 9.11. The molecule has 0 heterocycles. The van der Waals surface area contributed by atoms with Crippen LogP contribution in [0.1, 0.15) is 32.6 Å². The molecule has 0 aliphatic heterocycles. The van der Waals surface area contributed by atoms with E-state index in [0.29, 0.717) is 6.42 Å². The first-order valence-corrected chi connectivity index (χ1v) is 3.95.